The van der Waals surface area contributed by atoms with E-state index >= 15 is 0 Å². The lowest BCUT2D eigenvalue weighted by molar-refractivity contribution is -0.116. The second-order valence-corrected chi connectivity index (χ2v) is 13.3. The number of amides is 3. The monoisotopic (exact) mass is 728 g/mol. The second-order valence-electron chi connectivity index (χ2n) is 11.3. The highest BCUT2D eigenvalue weighted by atomic mass is 32.2. The number of thioether (sulfide) groups is 1. The minimum Gasteiger partial charge on any atom is -0.494 e. The molecule has 6 rings (SSSR count). The van der Waals surface area contributed by atoms with E-state index in [2.05, 4.69) is 20.9 Å². The van der Waals surface area contributed by atoms with Crippen molar-refractivity contribution in [3.05, 3.63) is 167 Å². The van der Waals surface area contributed by atoms with Crippen LogP contribution in [0.5, 0.6) is 5.75 Å². The van der Waals surface area contributed by atoms with E-state index in [0.29, 0.717) is 23.0 Å². The number of ether oxygens (including phenoxy) is 1. The Balaban J connectivity index is 1.16. The number of thiazole rings is 1. The largest absolute Gasteiger partial charge is 0.494 e. The molecule has 1 heterocycles. The highest BCUT2D eigenvalue weighted by molar-refractivity contribution is 8.00. The van der Waals surface area contributed by atoms with Gasteiger partial charge < -0.3 is 20.7 Å². The highest BCUT2D eigenvalue weighted by Gasteiger charge is 2.24. The van der Waals surface area contributed by atoms with Crippen molar-refractivity contribution in [1.82, 2.24) is 10.3 Å². The van der Waals surface area contributed by atoms with E-state index in [1.54, 1.807) is 66.7 Å². The van der Waals surface area contributed by atoms with Crippen LogP contribution in [0.2, 0.25) is 0 Å². The van der Waals surface area contributed by atoms with Gasteiger partial charge in [-0.15, -0.1) is 23.1 Å². The molecule has 1 atom stereocenters. The van der Waals surface area contributed by atoms with E-state index in [1.165, 1.54) is 41.3 Å². The second kappa shape index (κ2) is 17.3. The van der Waals surface area contributed by atoms with Crippen molar-refractivity contribution in [2.75, 3.05) is 17.2 Å². The van der Waals surface area contributed by atoms with E-state index in [4.69, 9.17) is 4.74 Å². The molecule has 3 N–H and O–H groups in total. The summed E-state index contributed by atoms with van der Waals surface area (Å²) in [5, 5.41) is 10.2. The number of halogens is 1. The maximum atomic E-state index is 14.5. The Kier molecular flexibility index (Phi) is 11.9. The van der Waals surface area contributed by atoms with Gasteiger partial charge in [0.15, 0.2) is 5.13 Å². The Morgan fingerprint density at radius 1 is 0.827 bits per heavy atom. The summed E-state index contributed by atoms with van der Waals surface area (Å²) in [4.78, 5) is 45.5. The lowest BCUT2D eigenvalue weighted by Crippen LogP contribution is -2.30. The van der Waals surface area contributed by atoms with Gasteiger partial charge in [-0.25, -0.2) is 9.37 Å². The smallest absolute Gasteiger partial charge is 0.272 e. The zero-order chi connectivity index (χ0) is 36.3. The van der Waals surface area contributed by atoms with Gasteiger partial charge in [0, 0.05) is 32.7 Å². The molecule has 0 aliphatic rings. The molecular formula is C41H33FN4O4S2. The Morgan fingerprint density at radius 2 is 1.50 bits per heavy atom. The number of nitrogens with one attached hydrogen (secondary N) is 3. The van der Waals surface area contributed by atoms with Crippen LogP contribution in [0.15, 0.2) is 149 Å². The van der Waals surface area contributed by atoms with Gasteiger partial charge in [0.1, 0.15) is 22.5 Å². The fourth-order valence-electron chi connectivity index (χ4n) is 5.07. The van der Waals surface area contributed by atoms with Crippen molar-refractivity contribution in [2.45, 2.75) is 17.1 Å². The normalized spacial score (nSPS) is 11.7. The van der Waals surface area contributed by atoms with Crippen LogP contribution in [-0.2, 0) is 9.59 Å². The van der Waals surface area contributed by atoms with Gasteiger partial charge in [-0.1, -0.05) is 66.7 Å². The lowest BCUT2D eigenvalue weighted by Gasteiger charge is -2.17. The van der Waals surface area contributed by atoms with Crippen LogP contribution in [0.1, 0.15) is 33.7 Å². The Hall–Kier alpha value is -6.04. The van der Waals surface area contributed by atoms with Crippen LogP contribution in [0.25, 0.3) is 17.3 Å². The number of nitrogens with zero attached hydrogens (tertiary/aromatic N) is 1. The number of anilines is 2. The third-order valence-electron chi connectivity index (χ3n) is 7.64. The van der Waals surface area contributed by atoms with Gasteiger partial charge in [0.25, 0.3) is 11.8 Å². The first-order valence-electron chi connectivity index (χ1n) is 16.3. The third-order valence-corrected chi connectivity index (χ3v) is 9.66. The first kappa shape index (κ1) is 35.8. The summed E-state index contributed by atoms with van der Waals surface area (Å²) in [5.74, 6) is -1.15. The maximum absolute atomic E-state index is 14.5. The maximum Gasteiger partial charge on any atom is 0.272 e. The summed E-state index contributed by atoms with van der Waals surface area (Å²) in [6.45, 7) is 2.52. The number of benzene rings is 5. The lowest BCUT2D eigenvalue weighted by atomic mass is 10.1. The number of carbonyl (C=O) groups is 3. The van der Waals surface area contributed by atoms with E-state index in [1.807, 2.05) is 66.9 Å². The fraction of sp³-hybridized carbons (Fsp3) is 0.0732. The Labute approximate surface area is 308 Å². The van der Waals surface area contributed by atoms with Gasteiger partial charge in [-0.2, -0.15) is 0 Å². The first-order chi connectivity index (χ1) is 25.4. The molecular weight excluding hydrogens is 696 g/mol. The molecule has 11 heteroatoms. The molecule has 260 valence electrons. The van der Waals surface area contributed by atoms with Crippen LogP contribution in [0.4, 0.5) is 15.2 Å². The Morgan fingerprint density at radius 3 is 2.19 bits per heavy atom. The molecule has 0 radical (unpaired) electrons. The molecule has 1 unspecified atom stereocenters. The van der Waals surface area contributed by atoms with Gasteiger partial charge >= 0.3 is 0 Å². The van der Waals surface area contributed by atoms with E-state index < -0.39 is 22.9 Å². The highest BCUT2D eigenvalue weighted by Crippen LogP contribution is 2.37. The van der Waals surface area contributed by atoms with Crippen molar-refractivity contribution in [1.29, 1.82) is 0 Å². The molecule has 0 aliphatic carbocycles. The van der Waals surface area contributed by atoms with Crippen molar-refractivity contribution in [2.24, 2.45) is 0 Å². The van der Waals surface area contributed by atoms with Gasteiger partial charge in [0.05, 0.1) is 12.3 Å². The number of rotatable bonds is 13. The van der Waals surface area contributed by atoms with Crippen LogP contribution in [0.3, 0.4) is 0 Å². The SMILES string of the molecule is CCOc1ccc(-c2csc(NC(=O)C(Sc3ccc(NC(=O)/C(=C/c4ccccc4F)NC(=O)c4ccccc4)cc3)c3ccccc3)n2)cc1. The summed E-state index contributed by atoms with van der Waals surface area (Å²) in [5.41, 5.74) is 3.26. The molecule has 6 aromatic rings. The summed E-state index contributed by atoms with van der Waals surface area (Å²) in [6, 6.07) is 38.5. The van der Waals surface area contributed by atoms with Crippen molar-refractivity contribution < 1.29 is 23.5 Å². The minimum absolute atomic E-state index is 0.133. The standard InChI is InChI=1S/C41H33FN4O4S2/c1-2-50-32-21-17-27(18-22-32)36-26-51-41(45-36)46-40(49)37(28-11-5-3-6-12-28)52-33-23-19-31(20-24-33)43-39(48)35(25-30-15-9-10-16-34(30)42)44-38(47)29-13-7-4-8-14-29/h3-26,37H,2H2,1H3,(H,43,48)(H,44,47)(H,45,46,49)/b35-25-. The predicted octanol–water partition coefficient (Wildman–Crippen LogP) is 9.23. The van der Waals surface area contributed by atoms with Crippen LogP contribution in [-0.4, -0.2) is 29.3 Å². The Bertz CT molecular complexity index is 2170. The number of hydrogen-bond acceptors (Lipinski definition) is 7. The molecule has 3 amide bonds. The third kappa shape index (κ3) is 9.39. The molecule has 0 saturated heterocycles. The average Bonchev–Trinajstić information content (AvgIpc) is 3.64. The quantitative estimate of drug-likeness (QED) is 0.0809. The molecule has 52 heavy (non-hydrogen) atoms. The molecule has 0 saturated carbocycles. The van der Waals surface area contributed by atoms with E-state index in [0.717, 1.165) is 27.5 Å². The summed E-state index contributed by atoms with van der Waals surface area (Å²) < 4.78 is 20.1. The molecule has 5 aromatic carbocycles. The van der Waals surface area contributed by atoms with E-state index in [9.17, 15) is 18.8 Å². The molecule has 0 spiro atoms. The first-order valence-corrected chi connectivity index (χ1v) is 18.1. The fourth-order valence-corrected chi connectivity index (χ4v) is 6.81. The zero-order valence-corrected chi connectivity index (χ0v) is 29.5. The summed E-state index contributed by atoms with van der Waals surface area (Å²) >= 11 is 2.69. The molecule has 0 fully saturated rings. The zero-order valence-electron chi connectivity index (χ0n) is 27.9. The van der Waals surface area contributed by atoms with Crippen molar-refractivity contribution >= 4 is 57.7 Å². The minimum atomic E-state index is -0.637. The van der Waals surface area contributed by atoms with Gasteiger partial charge in [0.2, 0.25) is 5.91 Å². The topological polar surface area (TPSA) is 109 Å². The molecule has 8 nitrogen and oxygen atoms in total. The van der Waals surface area contributed by atoms with Crippen molar-refractivity contribution in [3.8, 4) is 17.0 Å². The van der Waals surface area contributed by atoms with Crippen LogP contribution in [0, 0.1) is 5.82 Å². The van der Waals surface area contributed by atoms with E-state index in [-0.39, 0.29) is 17.2 Å². The van der Waals surface area contributed by atoms with Crippen LogP contribution < -0.4 is 20.7 Å². The number of hydrogen-bond donors (Lipinski definition) is 3. The molecule has 1 aromatic heterocycles. The molecule has 0 bridgehead atoms. The van der Waals surface area contributed by atoms with Gasteiger partial charge in [-0.3, -0.25) is 14.4 Å². The van der Waals surface area contributed by atoms with Crippen LogP contribution >= 0.6 is 23.1 Å². The van der Waals surface area contributed by atoms with Gasteiger partial charge in [-0.05, 0) is 85.3 Å². The summed E-state index contributed by atoms with van der Waals surface area (Å²) in [6.07, 6.45) is 1.29. The number of aromatic nitrogens is 1. The molecule has 0 aliphatic heterocycles. The van der Waals surface area contributed by atoms with Crippen molar-refractivity contribution in [3.63, 3.8) is 0 Å². The average molecular weight is 729 g/mol. The predicted molar refractivity (Wildman–Crippen MR) is 206 cm³/mol. The number of carbonyl (C=O) groups excluding carboxylic acids is 3. The summed E-state index contributed by atoms with van der Waals surface area (Å²) in [7, 11) is 0.